The summed E-state index contributed by atoms with van der Waals surface area (Å²) in [6, 6.07) is 12.8. The first-order valence-electron chi connectivity index (χ1n) is 10.9. The first-order chi connectivity index (χ1) is 16.4. The highest BCUT2D eigenvalue weighted by Gasteiger charge is 2.28. The number of ether oxygens (including phenoxy) is 1. The SMILES string of the molecule is COc1ccc(CNc2c(C(=O)N3CCC(C(N)=O)CC3)cnc3ccc(C#N)cc23)cc1Cl. The maximum Gasteiger partial charge on any atom is 0.257 e. The van der Waals surface area contributed by atoms with Crippen molar-refractivity contribution >= 4 is 40.0 Å². The van der Waals surface area contributed by atoms with Crippen molar-refractivity contribution in [2.75, 3.05) is 25.5 Å². The first-order valence-corrected chi connectivity index (χ1v) is 11.3. The Bertz CT molecular complexity index is 1300. The Morgan fingerprint density at radius 2 is 2.03 bits per heavy atom. The number of benzene rings is 2. The van der Waals surface area contributed by atoms with Gasteiger partial charge in [0.2, 0.25) is 5.91 Å². The van der Waals surface area contributed by atoms with Gasteiger partial charge in [0, 0.05) is 37.1 Å². The van der Waals surface area contributed by atoms with E-state index in [1.165, 1.54) is 0 Å². The second kappa shape index (κ2) is 9.98. The molecule has 0 bridgehead atoms. The average Bonchev–Trinajstić information content (AvgIpc) is 2.86. The zero-order chi connectivity index (χ0) is 24.2. The molecular weight excluding hydrogens is 454 g/mol. The molecule has 2 aromatic carbocycles. The number of rotatable bonds is 6. The van der Waals surface area contributed by atoms with Crippen LogP contribution in [0.1, 0.15) is 34.3 Å². The molecule has 1 aliphatic heterocycles. The van der Waals surface area contributed by atoms with Gasteiger partial charge in [-0.3, -0.25) is 14.6 Å². The maximum absolute atomic E-state index is 13.5. The van der Waals surface area contributed by atoms with Gasteiger partial charge in [0.25, 0.3) is 5.91 Å². The molecule has 8 nitrogen and oxygen atoms in total. The third-order valence-corrected chi connectivity index (χ3v) is 6.39. The van der Waals surface area contributed by atoms with Crippen molar-refractivity contribution in [1.29, 1.82) is 5.26 Å². The number of nitrogens with two attached hydrogens (primary N) is 1. The van der Waals surface area contributed by atoms with Crippen molar-refractivity contribution in [3.63, 3.8) is 0 Å². The van der Waals surface area contributed by atoms with E-state index in [-0.39, 0.29) is 17.7 Å². The molecule has 0 saturated carbocycles. The molecule has 1 aliphatic rings. The van der Waals surface area contributed by atoms with Crippen LogP contribution in [0.3, 0.4) is 0 Å². The van der Waals surface area contributed by atoms with E-state index in [0.717, 1.165) is 5.56 Å². The Morgan fingerprint density at radius 3 is 2.68 bits per heavy atom. The van der Waals surface area contributed by atoms with Crippen LogP contribution in [0, 0.1) is 17.2 Å². The van der Waals surface area contributed by atoms with Crippen molar-refractivity contribution < 1.29 is 14.3 Å². The van der Waals surface area contributed by atoms with Gasteiger partial charge in [0.15, 0.2) is 0 Å². The molecule has 0 atom stereocenters. The van der Waals surface area contributed by atoms with Gasteiger partial charge < -0.3 is 20.7 Å². The number of hydrogen-bond donors (Lipinski definition) is 2. The van der Waals surface area contributed by atoms with Gasteiger partial charge in [-0.25, -0.2) is 0 Å². The lowest BCUT2D eigenvalue weighted by Crippen LogP contribution is -2.42. The number of nitrogens with zero attached hydrogens (tertiary/aromatic N) is 3. The van der Waals surface area contributed by atoms with Crippen LogP contribution in [0.5, 0.6) is 5.75 Å². The second-order valence-electron chi connectivity index (χ2n) is 8.18. The van der Waals surface area contributed by atoms with Crippen LogP contribution in [0.25, 0.3) is 10.9 Å². The lowest BCUT2D eigenvalue weighted by Gasteiger charge is -2.31. The molecule has 4 rings (SSSR count). The van der Waals surface area contributed by atoms with Gasteiger partial charge in [-0.05, 0) is 48.7 Å². The standard InChI is InChI=1S/C25H24ClN5O3/c1-34-22-5-3-16(11-20(22)26)13-30-23-18-10-15(12-27)2-4-21(18)29-14-19(23)25(33)31-8-6-17(7-9-31)24(28)32/h2-5,10-11,14,17H,6-9,13H2,1H3,(H2,28,32)(H,29,30). The molecule has 2 amide bonds. The number of nitriles is 1. The molecular formula is C25H24ClN5O3. The number of methoxy groups -OCH3 is 1. The number of piperidine rings is 1. The van der Waals surface area contributed by atoms with Crippen molar-refractivity contribution in [2.45, 2.75) is 19.4 Å². The summed E-state index contributed by atoms with van der Waals surface area (Å²) in [5, 5.41) is 13.9. The minimum atomic E-state index is -0.330. The molecule has 9 heteroatoms. The smallest absolute Gasteiger partial charge is 0.257 e. The normalized spacial score (nSPS) is 14.0. The summed E-state index contributed by atoms with van der Waals surface area (Å²) in [5.74, 6) is -0.151. The Kier molecular flexibility index (Phi) is 6.85. The number of hydrogen-bond acceptors (Lipinski definition) is 6. The van der Waals surface area contributed by atoms with Gasteiger partial charge in [0.1, 0.15) is 5.75 Å². The molecule has 0 unspecified atom stereocenters. The van der Waals surface area contributed by atoms with Crippen molar-refractivity contribution in [3.05, 3.63) is 64.3 Å². The van der Waals surface area contributed by atoms with E-state index in [0.29, 0.717) is 71.0 Å². The second-order valence-corrected chi connectivity index (χ2v) is 8.59. The quantitative estimate of drug-likeness (QED) is 0.558. The summed E-state index contributed by atoms with van der Waals surface area (Å²) >= 11 is 6.27. The molecule has 2 heterocycles. The van der Waals surface area contributed by atoms with E-state index in [1.807, 2.05) is 6.07 Å². The van der Waals surface area contributed by atoms with Gasteiger partial charge in [-0.2, -0.15) is 5.26 Å². The number of fused-ring (bicyclic) bond motifs is 1. The fourth-order valence-electron chi connectivity index (χ4n) is 4.16. The molecule has 0 spiro atoms. The van der Waals surface area contributed by atoms with Crippen LogP contribution in [0.15, 0.2) is 42.6 Å². The molecule has 3 N–H and O–H groups in total. The minimum Gasteiger partial charge on any atom is -0.495 e. The fourth-order valence-corrected chi connectivity index (χ4v) is 4.44. The van der Waals surface area contributed by atoms with E-state index in [9.17, 15) is 14.9 Å². The number of likely N-dealkylation sites (tertiary alicyclic amines) is 1. The molecule has 34 heavy (non-hydrogen) atoms. The molecule has 1 fully saturated rings. The topological polar surface area (TPSA) is 121 Å². The number of primary amides is 1. The Balaban J connectivity index is 1.68. The summed E-state index contributed by atoms with van der Waals surface area (Å²) in [6.45, 7) is 1.27. The number of halogens is 1. The third kappa shape index (κ3) is 4.75. The van der Waals surface area contributed by atoms with Crippen LogP contribution in [-0.4, -0.2) is 41.9 Å². The van der Waals surface area contributed by atoms with Crippen LogP contribution in [0.2, 0.25) is 5.02 Å². The highest BCUT2D eigenvalue weighted by atomic mass is 35.5. The predicted octanol–water partition coefficient (Wildman–Crippen LogP) is 3.72. The molecule has 3 aromatic rings. The van der Waals surface area contributed by atoms with E-state index in [2.05, 4.69) is 16.4 Å². The summed E-state index contributed by atoms with van der Waals surface area (Å²) in [4.78, 5) is 31.1. The zero-order valence-corrected chi connectivity index (χ0v) is 19.4. The number of aromatic nitrogens is 1. The molecule has 0 radical (unpaired) electrons. The highest BCUT2D eigenvalue weighted by Crippen LogP contribution is 2.31. The number of nitrogens with one attached hydrogen (secondary N) is 1. The largest absolute Gasteiger partial charge is 0.495 e. The fraction of sp³-hybridized carbons (Fsp3) is 0.280. The lowest BCUT2D eigenvalue weighted by atomic mass is 9.95. The molecule has 0 aliphatic carbocycles. The lowest BCUT2D eigenvalue weighted by molar-refractivity contribution is -0.123. The summed E-state index contributed by atoms with van der Waals surface area (Å²) < 4.78 is 5.22. The predicted molar refractivity (Wildman–Crippen MR) is 130 cm³/mol. The third-order valence-electron chi connectivity index (χ3n) is 6.10. The van der Waals surface area contributed by atoms with E-state index >= 15 is 0 Å². The minimum absolute atomic E-state index is 0.185. The van der Waals surface area contributed by atoms with Crippen LogP contribution in [0.4, 0.5) is 5.69 Å². The van der Waals surface area contributed by atoms with Gasteiger partial charge in [0.05, 0.1) is 40.5 Å². The van der Waals surface area contributed by atoms with E-state index in [4.69, 9.17) is 22.1 Å². The van der Waals surface area contributed by atoms with E-state index < -0.39 is 0 Å². The number of anilines is 1. The molecule has 174 valence electrons. The van der Waals surface area contributed by atoms with Crippen LogP contribution in [-0.2, 0) is 11.3 Å². The van der Waals surface area contributed by atoms with Crippen LogP contribution >= 0.6 is 11.6 Å². The number of pyridine rings is 1. The Hall–Kier alpha value is -3.83. The number of carbonyl (C=O) groups is 2. The van der Waals surface area contributed by atoms with Gasteiger partial charge in [-0.15, -0.1) is 0 Å². The summed E-state index contributed by atoms with van der Waals surface area (Å²) in [7, 11) is 1.55. The first kappa shape index (κ1) is 23.3. The van der Waals surface area contributed by atoms with Crippen molar-refractivity contribution in [1.82, 2.24) is 9.88 Å². The Morgan fingerprint density at radius 1 is 1.26 bits per heavy atom. The van der Waals surface area contributed by atoms with Crippen LogP contribution < -0.4 is 15.8 Å². The number of amides is 2. The van der Waals surface area contributed by atoms with E-state index in [1.54, 1.807) is 48.5 Å². The van der Waals surface area contributed by atoms with Gasteiger partial charge >= 0.3 is 0 Å². The zero-order valence-electron chi connectivity index (χ0n) is 18.7. The molecule has 1 aromatic heterocycles. The average molecular weight is 478 g/mol. The van der Waals surface area contributed by atoms with Gasteiger partial charge in [-0.1, -0.05) is 17.7 Å². The summed E-state index contributed by atoms with van der Waals surface area (Å²) in [5.41, 5.74) is 8.46. The highest BCUT2D eigenvalue weighted by molar-refractivity contribution is 6.32. The van der Waals surface area contributed by atoms with Crippen molar-refractivity contribution in [3.8, 4) is 11.8 Å². The molecule has 1 saturated heterocycles. The van der Waals surface area contributed by atoms with Crippen molar-refractivity contribution in [2.24, 2.45) is 11.7 Å². The summed E-state index contributed by atoms with van der Waals surface area (Å²) in [6.07, 6.45) is 2.63. The number of carbonyl (C=O) groups excluding carboxylic acids is 2. The Labute approximate surface area is 202 Å². The maximum atomic E-state index is 13.5. The monoisotopic (exact) mass is 477 g/mol.